The maximum Gasteiger partial charge on any atom is 0.326 e. The van der Waals surface area contributed by atoms with E-state index in [1.807, 2.05) is 52.5 Å². The number of aromatic nitrogens is 6. The van der Waals surface area contributed by atoms with E-state index >= 15 is 0 Å². The van der Waals surface area contributed by atoms with E-state index in [9.17, 15) is 4.79 Å². The molecule has 2 fully saturated rings. The summed E-state index contributed by atoms with van der Waals surface area (Å²) >= 11 is 0. The van der Waals surface area contributed by atoms with Crippen LogP contribution in [0.5, 0.6) is 0 Å². The largest absolute Gasteiger partial charge is 0.359 e. The minimum Gasteiger partial charge on any atom is -0.359 e. The van der Waals surface area contributed by atoms with Gasteiger partial charge in [0.05, 0.1) is 12.2 Å². The van der Waals surface area contributed by atoms with Gasteiger partial charge in [-0.1, -0.05) is 57.8 Å². The molecule has 2 saturated heterocycles. The molecular weight excluding hydrogens is 570 g/mol. The Morgan fingerprint density at radius 1 is 1.02 bits per heavy atom. The van der Waals surface area contributed by atoms with Crippen molar-refractivity contribution >= 4 is 25.6 Å². The number of fused-ring (bicyclic) bond motifs is 1. The van der Waals surface area contributed by atoms with Crippen molar-refractivity contribution in [2.24, 2.45) is 5.92 Å². The van der Waals surface area contributed by atoms with Crippen LogP contribution in [0.3, 0.4) is 0 Å². The molecule has 1 atom stereocenters. The van der Waals surface area contributed by atoms with Gasteiger partial charge >= 0.3 is 6.03 Å². The highest BCUT2D eigenvalue weighted by Crippen LogP contribution is 2.31. The number of ether oxygens (including phenoxy) is 1. The number of carbonyl (C=O) groups is 1. The number of benzene rings is 1. The van der Waals surface area contributed by atoms with Gasteiger partial charge in [0.25, 0.3) is 0 Å². The van der Waals surface area contributed by atoms with Crippen LogP contribution in [0.15, 0.2) is 49.1 Å². The molecule has 0 aliphatic carbocycles. The fourth-order valence-corrected chi connectivity index (χ4v) is 6.69. The molecule has 0 saturated carbocycles. The topological polar surface area (TPSA) is 96.9 Å². The molecule has 6 rings (SSSR count). The molecule has 5 heterocycles. The molecule has 0 spiro atoms. The molecule has 234 valence electrons. The van der Waals surface area contributed by atoms with Crippen LogP contribution in [0.25, 0.3) is 28.2 Å². The van der Waals surface area contributed by atoms with E-state index in [0.717, 1.165) is 67.7 Å². The van der Waals surface area contributed by atoms with E-state index in [-0.39, 0.29) is 12.1 Å². The number of urea groups is 1. The maximum absolute atomic E-state index is 13.7. The minimum atomic E-state index is -1.12. The first-order chi connectivity index (χ1) is 21.2. The summed E-state index contributed by atoms with van der Waals surface area (Å²) in [5, 5.41) is 9.16. The first-order valence-corrected chi connectivity index (χ1v) is 19.6. The Kier molecular flexibility index (Phi) is 8.83. The molecule has 2 amide bonds. The molecule has 12 heteroatoms. The van der Waals surface area contributed by atoms with Gasteiger partial charge in [0.2, 0.25) is 0 Å². The Labute approximate surface area is 260 Å². The van der Waals surface area contributed by atoms with Crippen LogP contribution < -0.4 is 4.90 Å². The van der Waals surface area contributed by atoms with Gasteiger partial charge in [-0.15, -0.1) is 5.10 Å². The molecular formula is C32H45N9O2Si. The van der Waals surface area contributed by atoms with Crippen LogP contribution in [-0.2, 0) is 11.5 Å². The fraction of sp³-hybridized carbons (Fsp3) is 0.531. The van der Waals surface area contributed by atoms with Crippen molar-refractivity contribution in [2.75, 3.05) is 44.2 Å². The number of amides is 2. The van der Waals surface area contributed by atoms with Crippen molar-refractivity contribution < 1.29 is 9.53 Å². The third-order valence-corrected chi connectivity index (χ3v) is 10.4. The maximum atomic E-state index is 13.7. The van der Waals surface area contributed by atoms with Crippen LogP contribution in [-0.4, -0.2) is 98.6 Å². The Balaban J connectivity index is 1.17. The number of hydrogen-bond acceptors (Lipinski definition) is 7. The molecule has 2 aliphatic rings. The molecule has 4 aromatic rings. The van der Waals surface area contributed by atoms with Gasteiger partial charge in [-0.2, -0.15) is 5.10 Å². The minimum absolute atomic E-state index is 0.0403. The lowest BCUT2D eigenvalue weighted by molar-refractivity contribution is 0.0785. The van der Waals surface area contributed by atoms with Gasteiger partial charge in [0.1, 0.15) is 18.9 Å². The van der Waals surface area contributed by atoms with Crippen LogP contribution in [0, 0.1) is 5.92 Å². The highest BCUT2D eigenvalue weighted by Gasteiger charge is 2.40. The average molecular weight is 616 g/mol. The average Bonchev–Trinajstić information content (AvgIpc) is 3.80. The van der Waals surface area contributed by atoms with Gasteiger partial charge in [0, 0.05) is 51.6 Å². The van der Waals surface area contributed by atoms with E-state index in [0.29, 0.717) is 24.3 Å². The highest BCUT2D eigenvalue weighted by molar-refractivity contribution is 6.76. The van der Waals surface area contributed by atoms with Crippen molar-refractivity contribution in [3.8, 4) is 22.5 Å². The number of likely N-dealkylation sites (tertiary alicyclic amines) is 1. The van der Waals surface area contributed by atoms with Gasteiger partial charge in [-0.25, -0.2) is 24.0 Å². The predicted molar refractivity (Wildman–Crippen MR) is 175 cm³/mol. The van der Waals surface area contributed by atoms with E-state index in [2.05, 4.69) is 53.6 Å². The number of anilines is 1. The monoisotopic (exact) mass is 615 g/mol. The lowest BCUT2D eigenvalue weighted by Gasteiger charge is -2.25. The van der Waals surface area contributed by atoms with Crippen molar-refractivity contribution in [3.05, 3.63) is 49.1 Å². The Morgan fingerprint density at radius 2 is 1.77 bits per heavy atom. The van der Waals surface area contributed by atoms with Crippen LogP contribution in [0.1, 0.15) is 26.7 Å². The molecule has 0 N–H and O–H groups in total. The first kappa shape index (κ1) is 30.4. The summed E-state index contributed by atoms with van der Waals surface area (Å²) in [6.07, 6.45) is 7.96. The lowest BCUT2D eigenvalue weighted by Crippen LogP contribution is -2.39. The molecule has 3 aromatic heterocycles. The van der Waals surface area contributed by atoms with Crippen molar-refractivity contribution in [1.82, 2.24) is 39.2 Å². The zero-order chi connectivity index (χ0) is 30.8. The van der Waals surface area contributed by atoms with Crippen LogP contribution in [0.4, 0.5) is 10.6 Å². The number of hydrogen-bond donors (Lipinski definition) is 0. The van der Waals surface area contributed by atoms with Crippen molar-refractivity contribution in [3.63, 3.8) is 0 Å². The zero-order valence-electron chi connectivity index (χ0n) is 26.7. The van der Waals surface area contributed by atoms with Crippen molar-refractivity contribution in [2.45, 2.75) is 65.1 Å². The molecule has 0 bridgehead atoms. The third-order valence-electron chi connectivity index (χ3n) is 8.68. The fourth-order valence-electron chi connectivity index (χ4n) is 5.93. The van der Waals surface area contributed by atoms with E-state index < -0.39 is 8.07 Å². The lowest BCUT2D eigenvalue weighted by atomic mass is 10.0. The Hall–Kier alpha value is -3.61. The van der Waals surface area contributed by atoms with Gasteiger partial charge in [-0.05, 0) is 49.5 Å². The van der Waals surface area contributed by atoms with Crippen molar-refractivity contribution in [1.29, 1.82) is 0 Å². The Bertz CT molecular complexity index is 1570. The standard InChI is InChI=1S/C32H45N9O2Si/c1-24(2)28-21-38(17-16-37-13-6-7-14-37)32(42)41(28)29-12-15-40-31(35-29)27(20-34-40)25-8-10-26(11-9-25)30-33-22-39(36-30)23-43-18-19-44(3,4)5/h8-12,15,20,22,24,28H,6-7,13-14,16-19,21,23H2,1-5H3/t28-/m1/s1. The number of carbonyl (C=O) groups excluding carboxylic acids is 1. The molecule has 1 aromatic carbocycles. The SMILES string of the molecule is CC(C)[C@H]1CN(CCN2CCCC2)C(=O)N1c1ccn2ncc(-c3ccc(-c4ncn(COCC[Si](C)(C)C)n4)cc3)c2n1. The smallest absolute Gasteiger partial charge is 0.326 e. The zero-order valence-corrected chi connectivity index (χ0v) is 27.7. The van der Waals surface area contributed by atoms with E-state index in [1.165, 1.54) is 12.8 Å². The van der Waals surface area contributed by atoms with Gasteiger partial charge < -0.3 is 14.5 Å². The second-order valence-corrected chi connectivity index (χ2v) is 19.2. The molecule has 44 heavy (non-hydrogen) atoms. The summed E-state index contributed by atoms with van der Waals surface area (Å²) in [4.78, 5) is 29.5. The molecule has 0 unspecified atom stereocenters. The predicted octanol–water partition coefficient (Wildman–Crippen LogP) is 5.33. The second-order valence-electron chi connectivity index (χ2n) is 13.6. The molecule has 0 radical (unpaired) electrons. The van der Waals surface area contributed by atoms with E-state index in [4.69, 9.17) is 9.72 Å². The normalized spacial score (nSPS) is 18.0. The highest BCUT2D eigenvalue weighted by atomic mass is 28.3. The van der Waals surface area contributed by atoms with E-state index in [1.54, 1.807) is 15.5 Å². The van der Waals surface area contributed by atoms with Gasteiger partial charge in [0.15, 0.2) is 11.5 Å². The van der Waals surface area contributed by atoms with Crippen LogP contribution >= 0.6 is 0 Å². The van der Waals surface area contributed by atoms with Gasteiger partial charge in [-0.3, -0.25) is 4.90 Å². The molecule has 2 aliphatic heterocycles. The Morgan fingerprint density at radius 3 is 2.50 bits per heavy atom. The number of rotatable bonds is 12. The third kappa shape index (κ3) is 6.72. The number of nitrogens with zero attached hydrogens (tertiary/aromatic N) is 9. The summed E-state index contributed by atoms with van der Waals surface area (Å²) < 4.78 is 9.33. The summed E-state index contributed by atoms with van der Waals surface area (Å²) in [7, 11) is -1.12. The second kappa shape index (κ2) is 12.8. The van der Waals surface area contributed by atoms with Crippen LogP contribution in [0.2, 0.25) is 25.7 Å². The summed E-state index contributed by atoms with van der Waals surface area (Å²) in [6, 6.07) is 11.3. The summed E-state index contributed by atoms with van der Waals surface area (Å²) in [5.74, 6) is 1.64. The summed E-state index contributed by atoms with van der Waals surface area (Å²) in [6.45, 7) is 17.2. The molecule has 11 nitrogen and oxygen atoms in total. The first-order valence-electron chi connectivity index (χ1n) is 15.9. The summed E-state index contributed by atoms with van der Waals surface area (Å²) in [5.41, 5.74) is 3.55. The quantitative estimate of drug-likeness (QED) is 0.157.